The second kappa shape index (κ2) is 9.37. The van der Waals surface area contributed by atoms with Gasteiger partial charge in [-0.05, 0) is 42.3 Å². The zero-order chi connectivity index (χ0) is 21.7. The molecule has 0 saturated carbocycles. The van der Waals surface area contributed by atoms with Crippen molar-refractivity contribution in [2.75, 3.05) is 10.6 Å². The van der Waals surface area contributed by atoms with Gasteiger partial charge in [0.2, 0.25) is 11.8 Å². The molecule has 0 saturated heterocycles. The third-order valence-electron chi connectivity index (χ3n) is 4.36. The largest absolute Gasteiger partial charge is 0.324 e. The van der Waals surface area contributed by atoms with Gasteiger partial charge < -0.3 is 10.6 Å². The van der Waals surface area contributed by atoms with E-state index in [-0.39, 0.29) is 18.1 Å². The fourth-order valence-corrected chi connectivity index (χ4v) is 2.98. The minimum atomic E-state index is -0.564. The van der Waals surface area contributed by atoms with Gasteiger partial charge in [0.1, 0.15) is 12.2 Å². The number of carbonyl (C=O) groups is 2. The summed E-state index contributed by atoms with van der Waals surface area (Å²) >= 11 is 5.85. The van der Waals surface area contributed by atoms with Crippen molar-refractivity contribution in [1.29, 1.82) is 0 Å². The summed E-state index contributed by atoms with van der Waals surface area (Å²) in [5.41, 5.74) is 2.45. The predicted octanol–water partition coefficient (Wildman–Crippen LogP) is 3.72. The van der Waals surface area contributed by atoms with Crippen molar-refractivity contribution in [3.63, 3.8) is 0 Å². The number of nitrogens with one attached hydrogen (secondary N) is 2. The Balaban J connectivity index is 1.92. The van der Waals surface area contributed by atoms with E-state index in [1.54, 1.807) is 24.3 Å². The highest BCUT2D eigenvalue weighted by Gasteiger charge is 2.14. The van der Waals surface area contributed by atoms with Gasteiger partial charge in [-0.25, -0.2) is 4.68 Å². The first-order valence-electron chi connectivity index (χ1n) is 9.40. The van der Waals surface area contributed by atoms with Crippen LogP contribution in [0.4, 0.5) is 11.4 Å². The molecule has 154 valence electrons. The lowest BCUT2D eigenvalue weighted by Gasteiger charge is -2.12. The van der Waals surface area contributed by atoms with E-state index >= 15 is 0 Å². The van der Waals surface area contributed by atoms with Crippen molar-refractivity contribution < 1.29 is 9.59 Å². The maximum atomic E-state index is 12.7. The highest BCUT2D eigenvalue weighted by atomic mass is 35.5. The molecule has 30 heavy (non-hydrogen) atoms. The standard InChI is InChI=1S/C22H21ClN4O3/c1-3-15-4-6-16(7-5-15)19-12-20(24-14(2)28)22(30)27(26-19)13-21(29)25-18-10-8-17(23)9-11-18/h4-12H,3,13H2,1-2H3,(H,24,28)(H,25,29). The van der Waals surface area contributed by atoms with Crippen LogP contribution in [0, 0.1) is 0 Å². The maximum absolute atomic E-state index is 12.7. The molecule has 0 spiro atoms. The average Bonchev–Trinajstić information content (AvgIpc) is 2.72. The van der Waals surface area contributed by atoms with Crippen LogP contribution < -0.4 is 16.2 Å². The number of hydrogen-bond acceptors (Lipinski definition) is 4. The third-order valence-corrected chi connectivity index (χ3v) is 4.62. The Kier molecular flexibility index (Phi) is 6.64. The van der Waals surface area contributed by atoms with E-state index in [1.807, 2.05) is 24.3 Å². The molecule has 0 radical (unpaired) electrons. The number of halogens is 1. The monoisotopic (exact) mass is 424 g/mol. The van der Waals surface area contributed by atoms with E-state index in [4.69, 9.17) is 11.6 Å². The van der Waals surface area contributed by atoms with Crippen LogP contribution in [-0.4, -0.2) is 21.6 Å². The molecule has 0 aliphatic heterocycles. The second-order valence-electron chi connectivity index (χ2n) is 6.69. The van der Waals surface area contributed by atoms with Crippen LogP contribution in [0.3, 0.4) is 0 Å². The molecule has 0 aliphatic rings. The van der Waals surface area contributed by atoms with E-state index in [2.05, 4.69) is 22.7 Å². The van der Waals surface area contributed by atoms with Crippen molar-refractivity contribution in [1.82, 2.24) is 9.78 Å². The summed E-state index contributed by atoms with van der Waals surface area (Å²) < 4.78 is 1.04. The first kappa shape index (κ1) is 21.3. The van der Waals surface area contributed by atoms with Crippen LogP contribution in [0.1, 0.15) is 19.4 Å². The molecule has 2 amide bonds. The molecule has 3 rings (SSSR count). The number of rotatable bonds is 6. The van der Waals surface area contributed by atoms with Gasteiger partial charge in [0.05, 0.1) is 5.69 Å². The number of nitrogens with zero attached hydrogens (tertiary/aromatic N) is 2. The highest BCUT2D eigenvalue weighted by Crippen LogP contribution is 2.19. The van der Waals surface area contributed by atoms with Crippen molar-refractivity contribution in [3.8, 4) is 11.3 Å². The molecule has 0 aliphatic carbocycles. The molecule has 1 aromatic heterocycles. The zero-order valence-electron chi connectivity index (χ0n) is 16.6. The van der Waals surface area contributed by atoms with Gasteiger partial charge in [-0.3, -0.25) is 14.4 Å². The summed E-state index contributed by atoms with van der Waals surface area (Å²) in [5, 5.41) is 10.1. The Bertz CT molecular complexity index is 1120. The number of benzene rings is 2. The topological polar surface area (TPSA) is 93.1 Å². The summed E-state index contributed by atoms with van der Waals surface area (Å²) in [5.74, 6) is -0.818. The molecule has 1 heterocycles. The third kappa shape index (κ3) is 5.33. The number of aromatic nitrogens is 2. The van der Waals surface area contributed by atoms with Gasteiger partial charge in [0.15, 0.2) is 0 Å². The van der Waals surface area contributed by atoms with E-state index in [1.165, 1.54) is 13.0 Å². The molecule has 2 aromatic carbocycles. The second-order valence-corrected chi connectivity index (χ2v) is 7.13. The molecule has 0 unspecified atom stereocenters. The van der Waals surface area contributed by atoms with Crippen molar-refractivity contribution >= 4 is 34.8 Å². The molecular weight excluding hydrogens is 404 g/mol. The molecule has 7 nitrogen and oxygen atoms in total. The zero-order valence-corrected chi connectivity index (χ0v) is 17.4. The first-order valence-corrected chi connectivity index (χ1v) is 9.78. The molecular formula is C22H21ClN4O3. The highest BCUT2D eigenvalue weighted by molar-refractivity contribution is 6.30. The van der Waals surface area contributed by atoms with Crippen LogP contribution in [-0.2, 0) is 22.6 Å². The van der Waals surface area contributed by atoms with Crippen molar-refractivity contribution in [3.05, 3.63) is 75.5 Å². The van der Waals surface area contributed by atoms with E-state index < -0.39 is 11.5 Å². The molecule has 0 bridgehead atoms. The Morgan fingerprint density at radius 3 is 2.30 bits per heavy atom. The van der Waals surface area contributed by atoms with Gasteiger partial charge in [0, 0.05) is 23.2 Å². The number of carbonyl (C=O) groups excluding carboxylic acids is 2. The smallest absolute Gasteiger partial charge is 0.291 e. The Hall–Kier alpha value is -3.45. The Morgan fingerprint density at radius 1 is 1.03 bits per heavy atom. The summed E-state index contributed by atoms with van der Waals surface area (Å²) in [6.07, 6.45) is 0.898. The van der Waals surface area contributed by atoms with Crippen LogP contribution in [0.5, 0.6) is 0 Å². The predicted molar refractivity (Wildman–Crippen MR) is 118 cm³/mol. The van der Waals surface area contributed by atoms with E-state index in [9.17, 15) is 14.4 Å². The summed E-state index contributed by atoms with van der Waals surface area (Å²) in [6.45, 7) is 3.06. The van der Waals surface area contributed by atoms with Gasteiger partial charge in [-0.15, -0.1) is 0 Å². The quantitative estimate of drug-likeness (QED) is 0.630. The average molecular weight is 425 g/mol. The van der Waals surface area contributed by atoms with Crippen molar-refractivity contribution in [2.45, 2.75) is 26.8 Å². The minimum absolute atomic E-state index is 0.0614. The lowest BCUT2D eigenvalue weighted by molar-refractivity contribution is -0.117. The lowest BCUT2D eigenvalue weighted by Crippen LogP contribution is -2.32. The first-order chi connectivity index (χ1) is 14.4. The van der Waals surface area contributed by atoms with Gasteiger partial charge in [-0.1, -0.05) is 42.8 Å². The molecule has 2 N–H and O–H groups in total. The normalized spacial score (nSPS) is 10.5. The lowest BCUT2D eigenvalue weighted by atomic mass is 10.1. The molecule has 0 fully saturated rings. The summed E-state index contributed by atoms with van der Waals surface area (Å²) in [7, 11) is 0. The molecule has 8 heteroatoms. The Labute approximate surface area is 178 Å². The number of aryl methyl sites for hydroxylation is 1. The maximum Gasteiger partial charge on any atom is 0.291 e. The van der Waals surface area contributed by atoms with Crippen LogP contribution in [0.25, 0.3) is 11.3 Å². The van der Waals surface area contributed by atoms with Crippen LogP contribution >= 0.6 is 11.6 Å². The Morgan fingerprint density at radius 2 is 1.70 bits per heavy atom. The number of hydrogen-bond donors (Lipinski definition) is 2. The SMILES string of the molecule is CCc1ccc(-c2cc(NC(C)=O)c(=O)n(CC(=O)Nc3ccc(Cl)cc3)n2)cc1. The van der Waals surface area contributed by atoms with Crippen LogP contribution in [0.15, 0.2) is 59.4 Å². The fourth-order valence-electron chi connectivity index (χ4n) is 2.85. The number of anilines is 2. The van der Waals surface area contributed by atoms with Crippen LogP contribution in [0.2, 0.25) is 5.02 Å². The summed E-state index contributed by atoms with van der Waals surface area (Å²) in [6, 6.07) is 15.8. The van der Waals surface area contributed by atoms with E-state index in [0.717, 1.165) is 22.2 Å². The molecule has 3 aromatic rings. The van der Waals surface area contributed by atoms with Gasteiger partial charge in [0.25, 0.3) is 5.56 Å². The summed E-state index contributed by atoms with van der Waals surface area (Å²) in [4.78, 5) is 36.7. The van der Waals surface area contributed by atoms with Crippen molar-refractivity contribution in [2.24, 2.45) is 0 Å². The van der Waals surface area contributed by atoms with Gasteiger partial charge in [-0.2, -0.15) is 5.10 Å². The van der Waals surface area contributed by atoms with Gasteiger partial charge >= 0.3 is 0 Å². The van der Waals surface area contributed by atoms with E-state index in [0.29, 0.717) is 16.4 Å². The fraction of sp³-hybridized carbons (Fsp3) is 0.182. The molecule has 0 atom stereocenters. The number of amides is 2. The minimum Gasteiger partial charge on any atom is -0.324 e.